The molecule has 122 valence electrons. The Kier molecular flexibility index (Phi) is 5.87. The molecule has 3 heterocycles. The van der Waals surface area contributed by atoms with E-state index in [1.54, 1.807) is 35.5 Å². The third-order valence-electron chi connectivity index (χ3n) is 3.82. The minimum atomic E-state index is 0.0955. The fourth-order valence-corrected chi connectivity index (χ4v) is 4.06. The van der Waals surface area contributed by atoms with Crippen LogP contribution >= 0.6 is 23.1 Å². The van der Waals surface area contributed by atoms with Crippen molar-refractivity contribution in [3.63, 3.8) is 0 Å². The number of thioether (sulfide) groups is 1. The summed E-state index contributed by atoms with van der Waals surface area (Å²) in [6, 6.07) is 3.84. The quantitative estimate of drug-likeness (QED) is 0.814. The van der Waals surface area contributed by atoms with Crippen LogP contribution in [0.2, 0.25) is 0 Å². The number of thiazole rings is 1. The van der Waals surface area contributed by atoms with Gasteiger partial charge in [-0.1, -0.05) is 0 Å². The number of nitrogens with zero attached hydrogens (tertiary/aromatic N) is 3. The molecule has 1 amide bonds. The van der Waals surface area contributed by atoms with Gasteiger partial charge in [0.2, 0.25) is 5.91 Å². The molecule has 0 bridgehead atoms. The molecule has 2 aromatic heterocycles. The maximum absolute atomic E-state index is 12.0. The molecule has 3 rings (SSSR count). The van der Waals surface area contributed by atoms with Crippen LogP contribution in [-0.2, 0) is 4.79 Å². The van der Waals surface area contributed by atoms with Crippen molar-refractivity contribution in [1.82, 2.24) is 15.3 Å². The molecule has 0 aliphatic carbocycles. The molecular formula is C16H20N4OS2. The zero-order valence-corrected chi connectivity index (χ0v) is 14.5. The normalized spacial score (nSPS) is 17.9. The van der Waals surface area contributed by atoms with E-state index in [1.165, 1.54) is 6.42 Å². The number of carbonyl (C=O) groups is 1. The van der Waals surface area contributed by atoms with Gasteiger partial charge in [-0.25, -0.2) is 4.98 Å². The molecule has 0 radical (unpaired) electrons. The Morgan fingerprint density at radius 1 is 1.39 bits per heavy atom. The summed E-state index contributed by atoms with van der Waals surface area (Å²) >= 11 is 3.22. The number of rotatable bonds is 6. The SMILES string of the molecule is O=C(CSc1ccncc1)NCC1CCCN(c2nccs2)C1. The summed E-state index contributed by atoms with van der Waals surface area (Å²) in [4.78, 5) is 23.8. The van der Waals surface area contributed by atoms with E-state index in [4.69, 9.17) is 0 Å². The number of pyridine rings is 1. The first-order valence-electron chi connectivity index (χ1n) is 7.75. The van der Waals surface area contributed by atoms with Crippen molar-refractivity contribution in [3.8, 4) is 0 Å². The monoisotopic (exact) mass is 348 g/mol. The van der Waals surface area contributed by atoms with Gasteiger partial charge in [-0.15, -0.1) is 23.1 Å². The maximum Gasteiger partial charge on any atom is 0.230 e. The van der Waals surface area contributed by atoms with Crippen LogP contribution in [0.3, 0.4) is 0 Å². The topological polar surface area (TPSA) is 58.1 Å². The number of amides is 1. The Hall–Kier alpha value is -1.60. The minimum absolute atomic E-state index is 0.0955. The molecule has 7 heteroatoms. The number of carbonyl (C=O) groups excluding carboxylic acids is 1. The van der Waals surface area contributed by atoms with E-state index >= 15 is 0 Å². The molecule has 0 aromatic carbocycles. The highest BCUT2D eigenvalue weighted by atomic mass is 32.2. The van der Waals surface area contributed by atoms with Crippen LogP contribution in [-0.4, -0.2) is 41.3 Å². The standard InChI is InChI=1S/C16H20N4OS2/c21-15(12-23-14-3-5-17-6-4-14)19-10-13-2-1-8-20(11-13)16-18-7-9-22-16/h3-7,9,13H,1-2,8,10-12H2,(H,19,21). The largest absolute Gasteiger partial charge is 0.355 e. The number of nitrogens with one attached hydrogen (secondary N) is 1. The Bertz CT molecular complexity index is 606. The molecule has 0 saturated carbocycles. The van der Waals surface area contributed by atoms with E-state index in [2.05, 4.69) is 20.2 Å². The molecule has 1 aliphatic rings. The number of hydrogen-bond acceptors (Lipinski definition) is 6. The second kappa shape index (κ2) is 8.31. The van der Waals surface area contributed by atoms with E-state index in [9.17, 15) is 4.79 Å². The lowest BCUT2D eigenvalue weighted by atomic mass is 9.98. The molecular weight excluding hydrogens is 328 g/mol. The van der Waals surface area contributed by atoms with Crippen LogP contribution < -0.4 is 10.2 Å². The van der Waals surface area contributed by atoms with Crippen molar-refractivity contribution in [2.24, 2.45) is 5.92 Å². The van der Waals surface area contributed by atoms with E-state index < -0.39 is 0 Å². The summed E-state index contributed by atoms with van der Waals surface area (Å²) in [6.45, 7) is 2.79. The van der Waals surface area contributed by atoms with Crippen LogP contribution in [0, 0.1) is 5.92 Å². The average molecular weight is 348 g/mol. The van der Waals surface area contributed by atoms with Crippen molar-refractivity contribution >= 4 is 34.1 Å². The summed E-state index contributed by atoms with van der Waals surface area (Å²) < 4.78 is 0. The number of hydrogen-bond donors (Lipinski definition) is 1. The highest BCUT2D eigenvalue weighted by Crippen LogP contribution is 2.24. The van der Waals surface area contributed by atoms with Crippen molar-refractivity contribution in [2.75, 3.05) is 30.3 Å². The zero-order chi connectivity index (χ0) is 15.9. The highest BCUT2D eigenvalue weighted by Gasteiger charge is 2.21. The predicted octanol–water partition coefficient (Wildman–Crippen LogP) is 2.66. The second-order valence-electron chi connectivity index (χ2n) is 5.54. The van der Waals surface area contributed by atoms with Gasteiger partial charge in [-0.3, -0.25) is 9.78 Å². The van der Waals surface area contributed by atoms with Gasteiger partial charge in [0.05, 0.1) is 5.75 Å². The third-order valence-corrected chi connectivity index (χ3v) is 5.66. The summed E-state index contributed by atoms with van der Waals surface area (Å²) in [5, 5.41) is 6.17. The van der Waals surface area contributed by atoms with Crippen LogP contribution in [0.1, 0.15) is 12.8 Å². The van der Waals surface area contributed by atoms with Gasteiger partial charge in [-0.05, 0) is 30.9 Å². The van der Waals surface area contributed by atoms with Gasteiger partial charge in [0.25, 0.3) is 0 Å². The molecule has 1 atom stereocenters. The molecule has 1 saturated heterocycles. The fraction of sp³-hybridized carbons (Fsp3) is 0.438. The fourth-order valence-electron chi connectivity index (χ4n) is 2.67. The number of aromatic nitrogens is 2. The molecule has 2 aromatic rings. The highest BCUT2D eigenvalue weighted by molar-refractivity contribution is 8.00. The Morgan fingerprint density at radius 3 is 3.04 bits per heavy atom. The Balaban J connectivity index is 1.40. The molecule has 1 N–H and O–H groups in total. The minimum Gasteiger partial charge on any atom is -0.355 e. The smallest absolute Gasteiger partial charge is 0.230 e. The Labute approximate surface area is 144 Å². The van der Waals surface area contributed by atoms with E-state index in [1.807, 2.05) is 23.7 Å². The summed E-state index contributed by atoms with van der Waals surface area (Å²) in [6.07, 6.45) is 7.66. The van der Waals surface area contributed by atoms with Crippen LogP contribution in [0.5, 0.6) is 0 Å². The van der Waals surface area contributed by atoms with Crippen molar-refractivity contribution in [1.29, 1.82) is 0 Å². The lowest BCUT2D eigenvalue weighted by Gasteiger charge is -2.32. The first-order chi connectivity index (χ1) is 11.3. The Morgan fingerprint density at radius 2 is 2.26 bits per heavy atom. The predicted molar refractivity (Wildman–Crippen MR) is 95.0 cm³/mol. The number of piperidine rings is 1. The number of anilines is 1. The van der Waals surface area contributed by atoms with Crippen LogP contribution in [0.15, 0.2) is 41.0 Å². The van der Waals surface area contributed by atoms with Gasteiger partial charge in [0.1, 0.15) is 0 Å². The summed E-state index contributed by atoms with van der Waals surface area (Å²) in [5.74, 6) is 1.05. The molecule has 1 unspecified atom stereocenters. The lowest BCUT2D eigenvalue weighted by Crippen LogP contribution is -2.41. The van der Waals surface area contributed by atoms with E-state index in [-0.39, 0.29) is 5.91 Å². The van der Waals surface area contributed by atoms with Gasteiger partial charge >= 0.3 is 0 Å². The van der Waals surface area contributed by atoms with Crippen LogP contribution in [0.25, 0.3) is 0 Å². The van der Waals surface area contributed by atoms with Gasteiger partial charge < -0.3 is 10.2 Å². The van der Waals surface area contributed by atoms with Gasteiger partial charge in [0, 0.05) is 48.5 Å². The first kappa shape index (κ1) is 16.3. The van der Waals surface area contributed by atoms with Crippen molar-refractivity contribution in [3.05, 3.63) is 36.1 Å². The van der Waals surface area contributed by atoms with Crippen molar-refractivity contribution in [2.45, 2.75) is 17.7 Å². The second-order valence-corrected chi connectivity index (χ2v) is 7.47. The summed E-state index contributed by atoms with van der Waals surface area (Å²) in [7, 11) is 0. The van der Waals surface area contributed by atoms with Gasteiger partial charge in [-0.2, -0.15) is 0 Å². The van der Waals surface area contributed by atoms with Crippen LogP contribution in [0.4, 0.5) is 5.13 Å². The molecule has 1 aliphatic heterocycles. The van der Waals surface area contributed by atoms with Crippen molar-refractivity contribution < 1.29 is 4.79 Å². The molecule has 1 fully saturated rings. The first-order valence-corrected chi connectivity index (χ1v) is 9.62. The summed E-state index contributed by atoms with van der Waals surface area (Å²) in [5.41, 5.74) is 0. The van der Waals surface area contributed by atoms with Gasteiger partial charge in [0.15, 0.2) is 5.13 Å². The maximum atomic E-state index is 12.0. The average Bonchev–Trinajstić information content (AvgIpc) is 3.14. The molecule has 23 heavy (non-hydrogen) atoms. The lowest BCUT2D eigenvalue weighted by molar-refractivity contribution is -0.118. The molecule has 0 spiro atoms. The third kappa shape index (κ3) is 4.94. The van der Waals surface area contributed by atoms with E-state index in [0.717, 1.165) is 36.1 Å². The van der Waals surface area contributed by atoms with E-state index in [0.29, 0.717) is 11.7 Å². The molecule has 5 nitrogen and oxygen atoms in total. The zero-order valence-electron chi connectivity index (χ0n) is 12.9.